The maximum Gasteiger partial charge on any atom is 0.151 e. The molecule has 0 bridgehead atoms. The number of pyridine rings is 2. The lowest BCUT2D eigenvalue weighted by Crippen LogP contribution is -2.21. The van der Waals surface area contributed by atoms with Gasteiger partial charge >= 0.3 is 0 Å². The summed E-state index contributed by atoms with van der Waals surface area (Å²) in [6.45, 7) is 6.02. The summed E-state index contributed by atoms with van der Waals surface area (Å²) in [5, 5.41) is 17.9. The number of aromatic nitrogens is 4. The lowest BCUT2D eigenvalue weighted by atomic mass is 10.1. The molecule has 1 aliphatic rings. The van der Waals surface area contributed by atoms with Crippen molar-refractivity contribution in [1.82, 2.24) is 25.1 Å². The van der Waals surface area contributed by atoms with Gasteiger partial charge in [0.15, 0.2) is 5.83 Å². The lowest BCUT2D eigenvalue weighted by Gasteiger charge is -2.18. The summed E-state index contributed by atoms with van der Waals surface area (Å²) in [5.74, 6) is 0.104. The van der Waals surface area contributed by atoms with E-state index in [1.54, 1.807) is 24.7 Å². The van der Waals surface area contributed by atoms with Crippen LogP contribution in [0.5, 0.6) is 5.75 Å². The van der Waals surface area contributed by atoms with E-state index < -0.39 is 5.83 Å². The highest BCUT2D eigenvalue weighted by atomic mass is 35.5. The van der Waals surface area contributed by atoms with E-state index in [9.17, 15) is 5.11 Å². The number of hydrogen-bond acceptors (Lipinski definition) is 6. The molecule has 3 aromatic heterocycles. The van der Waals surface area contributed by atoms with Crippen LogP contribution >= 0.6 is 11.6 Å². The summed E-state index contributed by atoms with van der Waals surface area (Å²) in [7, 11) is 0. The van der Waals surface area contributed by atoms with Gasteiger partial charge in [-0.3, -0.25) is 20.0 Å². The second-order valence-electron chi connectivity index (χ2n) is 9.14. The molecule has 7 nitrogen and oxygen atoms in total. The van der Waals surface area contributed by atoms with Crippen molar-refractivity contribution in [3.05, 3.63) is 82.0 Å². The smallest absolute Gasteiger partial charge is 0.151 e. The van der Waals surface area contributed by atoms with Crippen LogP contribution in [0.25, 0.3) is 22.8 Å². The molecule has 2 N–H and O–H groups in total. The van der Waals surface area contributed by atoms with Crippen LogP contribution in [0.4, 0.5) is 4.39 Å². The average molecular weight is 508 g/mol. The van der Waals surface area contributed by atoms with E-state index >= 15 is 4.39 Å². The van der Waals surface area contributed by atoms with Crippen LogP contribution in [0.2, 0.25) is 5.02 Å². The van der Waals surface area contributed by atoms with Gasteiger partial charge in [0.2, 0.25) is 0 Å². The number of H-pyrrole nitrogens is 1. The largest absolute Gasteiger partial charge is 0.486 e. The highest BCUT2D eigenvalue weighted by molar-refractivity contribution is 6.31. The molecule has 0 amide bonds. The van der Waals surface area contributed by atoms with Gasteiger partial charge in [-0.05, 0) is 61.7 Å². The Morgan fingerprint density at radius 3 is 2.89 bits per heavy atom. The quantitative estimate of drug-likeness (QED) is 0.344. The number of β-amino-alcohol motifs (C(OH)–C–C–N with tert-alkyl or cyclic N) is 1. The number of rotatable bonds is 7. The van der Waals surface area contributed by atoms with Crippen molar-refractivity contribution in [2.45, 2.75) is 39.0 Å². The molecule has 4 heterocycles. The number of likely N-dealkylation sites (tertiary alicyclic amines) is 1. The summed E-state index contributed by atoms with van der Waals surface area (Å²) in [6, 6.07) is 9.11. The molecule has 9 heteroatoms. The molecular weight excluding hydrogens is 481 g/mol. The van der Waals surface area contributed by atoms with Gasteiger partial charge in [0.25, 0.3) is 0 Å². The fraction of sp³-hybridized carbons (Fsp3) is 0.296. The van der Waals surface area contributed by atoms with Crippen molar-refractivity contribution in [3.8, 4) is 5.75 Å². The van der Waals surface area contributed by atoms with Crippen molar-refractivity contribution in [2.24, 2.45) is 0 Å². The second kappa shape index (κ2) is 10.3. The molecule has 4 aromatic rings. The summed E-state index contributed by atoms with van der Waals surface area (Å²) in [4.78, 5) is 10.7. The molecule has 36 heavy (non-hydrogen) atoms. The third-order valence-corrected chi connectivity index (χ3v) is 6.69. The maximum absolute atomic E-state index is 15.3. The van der Waals surface area contributed by atoms with Crippen molar-refractivity contribution in [1.29, 1.82) is 0 Å². The minimum atomic E-state index is -0.475. The van der Waals surface area contributed by atoms with Crippen molar-refractivity contribution >= 4 is 34.4 Å². The van der Waals surface area contributed by atoms with E-state index in [-0.39, 0.29) is 17.9 Å². The first-order valence-electron chi connectivity index (χ1n) is 11.8. The molecule has 1 saturated heterocycles. The third kappa shape index (κ3) is 5.26. The fourth-order valence-electron chi connectivity index (χ4n) is 4.58. The zero-order chi connectivity index (χ0) is 25.2. The molecule has 0 saturated carbocycles. The molecule has 2 unspecified atom stereocenters. The predicted octanol–water partition coefficient (Wildman–Crippen LogP) is 5.49. The lowest BCUT2D eigenvalue weighted by molar-refractivity contribution is 0.174. The van der Waals surface area contributed by atoms with Gasteiger partial charge in [-0.15, -0.1) is 0 Å². The van der Waals surface area contributed by atoms with Crippen LogP contribution < -0.4 is 4.74 Å². The monoisotopic (exact) mass is 507 g/mol. The Hall–Kier alpha value is -3.33. The number of hydrogen-bond donors (Lipinski definition) is 2. The topological polar surface area (TPSA) is 87.2 Å². The Morgan fingerprint density at radius 1 is 1.31 bits per heavy atom. The number of benzene rings is 1. The normalized spacial score (nSPS) is 17.6. The van der Waals surface area contributed by atoms with Gasteiger partial charge in [-0.2, -0.15) is 5.10 Å². The number of aliphatic hydroxyl groups is 1. The highest BCUT2D eigenvalue weighted by Gasteiger charge is 2.20. The number of aliphatic hydroxyl groups excluding tert-OH is 1. The Kier molecular flexibility index (Phi) is 7.00. The van der Waals surface area contributed by atoms with Crippen molar-refractivity contribution in [2.75, 3.05) is 13.1 Å². The van der Waals surface area contributed by atoms with Crippen molar-refractivity contribution < 1.29 is 14.2 Å². The van der Waals surface area contributed by atoms with E-state index in [2.05, 4.69) is 25.1 Å². The Bertz CT molecular complexity index is 1390. The minimum absolute atomic E-state index is 0.205. The molecule has 0 radical (unpaired) electrons. The Balaban J connectivity index is 1.34. The molecule has 2 atom stereocenters. The van der Waals surface area contributed by atoms with E-state index in [4.69, 9.17) is 16.3 Å². The standard InChI is InChI=1S/C27H27ClFN5O2/c1-16-11-30-13-23(28)26(16)17(2)36-21-5-6-25-22(10-21)27(33-32-25)24(29)9-18-3-4-19(31-12-18)14-34-8-7-20(35)15-34/h3-6,9-13,17,20,35H,7-8,14-15H2,1-2H3,(H,32,33)/b24-9-. The van der Waals surface area contributed by atoms with Gasteiger partial charge < -0.3 is 9.84 Å². The second-order valence-corrected chi connectivity index (χ2v) is 9.55. The predicted molar refractivity (Wildman–Crippen MR) is 138 cm³/mol. The van der Waals surface area contributed by atoms with Crippen LogP contribution in [0.15, 0.2) is 48.9 Å². The first-order chi connectivity index (χ1) is 17.4. The van der Waals surface area contributed by atoms with Gasteiger partial charge in [-0.25, -0.2) is 4.39 Å². The van der Waals surface area contributed by atoms with Crippen LogP contribution in [-0.2, 0) is 6.54 Å². The summed E-state index contributed by atoms with van der Waals surface area (Å²) in [6.07, 6.45) is 6.61. The number of aromatic amines is 1. The molecule has 0 aliphatic carbocycles. The SMILES string of the molecule is Cc1cncc(Cl)c1C(C)Oc1ccc2[nH]nc(/C(F)=C/c3ccc(CN4CCC(O)C4)nc3)c2c1. The number of halogens is 2. The summed E-state index contributed by atoms with van der Waals surface area (Å²) in [5.41, 5.74) is 4.23. The van der Waals surface area contributed by atoms with Gasteiger partial charge in [0.1, 0.15) is 17.5 Å². The summed E-state index contributed by atoms with van der Waals surface area (Å²) >= 11 is 6.34. The van der Waals surface area contributed by atoms with Crippen molar-refractivity contribution in [3.63, 3.8) is 0 Å². The third-order valence-electron chi connectivity index (χ3n) is 6.39. The molecule has 1 aromatic carbocycles. The average Bonchev–Trinajstić information content (AvgIpc) is 3.45. The minimum Gasteiger partial charge on any atom is -0.486 e. The zero-order valence-corrected chi connectivity index (χ0v) is 20.8. The summed E-state index contributed by atoms with van der Waals surface area (Å²) < 4.78 is 21.4. The molecule has 186 valence electrons. The fourth-order valence-corrected chi connectivity index (χ4v) is 4.94. The molecule has 0 spiro atoms. The van der Waals surface area contributed by atoms with Gasteiger partial charge in [0.05, 0.1) is 22.3 Å². The van der Waals surface area contributed by atoms with E-state index in [1.807, 2.05) is 38.1 Å². The van der Waals surface area contributed by atoms with Crippen LogP contribution in [0.1, 0.15) is 47.5 Å². The van der Waals surface area contributed by atoms with E-state index in [0.29, 0.717) is 40.3 Å². The molecule has 1 fully saturated rings. The van der Waals surface area contributed by atoms with E-state index in [1.165, 1.54) is 6.08 Å². The van der Waals surface area contributed by atoms with Gasteiger partial charge in [0, 0.05) is 49.2 Å². The number of nitrogens with one attached hydrogen (secondary N) is 1. The Morgan fingerprint density at radius 2 is 2.17 bits per heavy atom. The molecule has 1 aliphatic heterocycles. The number of nitrogens with zero attached hydrogens (tertiary/aromatic N) is 4. The number of aryl methyl sites for hydroxylation is 1. The molecular formula is C27H27ClFN5O2. The molecule has 5 rings (SSSR count). The first-order valence-corrected chi connectivity index (χ1v) is 12.2. The zero-order valence-electron chi connectivity index (χ0n) is 20.1. The maximum atomic E-state index is 15.3. The number of fused-ring (bicyclic) bond motifs is 1. The van der Waals surface area contributed by atoms with Crippen LogP contribution in [-0.4, -0.2) is 49.4 Å². The number of ether oxygens (including phenoxy) is 1. The highest BCUT2D eigenvalue weighted by Crippen LogP contribution is 2.33. The van der Waals surface area contributed by atoms with Crippen LogP contribution in [0.3, 0.4) is 0 Å². The van der Waals surface area contributed by atoms with E-state index in [0.717, 1.165) is 29.8 Å². The van der Waals surface area contributed by atoms with Gasteiger partial charge in [-0.1, -0.05) is 17.7 Å². The van der Waals surface area contributed by atoms with Crippen LogP contribution in [0, 0.1) is 6.92 Å². The first kappa shape index (κ1) is 24.4. The Labute approximate surface area is 213 Å².